The minimum Gasteiger partial charge on any atom is -0.465 e. The molecule has 0 N–H and O–H groups in total. The lowest BCUT2D eigenvalue weighted by Crippen LogP contribution is -2.48. The topological polar surface area (TPSA) is 48.0 Å². The second-order valence-corrected chi connectivity index (χ2v) is 12.4. The van der Waals surface area contributed by atoms with E-state index in [0.29, 0.717) is 18.0 Å². The Kier molecular flexibility index (Phi) is 8.24. The highest BCUT2D eigenvalue weighted by molar-refractivity contribution is 6.56. The van der Waals surface area contributed by atoms with Gasteiger partial charge < -0.3 is 18.9 Å². The summed E-state index contributed by atoms with van der Waals surface area (Å²) >= 11 is 0. The zero-order chi connectivity index (χ0) is 28.7. The summed E-state index contributed by atoms with van der Waals surface area (Å²) in [7, 11) is 0.946. The van der Waals surface area contributed by atoms with E-state index in [1.54, 1.807) is 0 Å². The number of fused-ring (bicyclic) bond motifs is 1. The summed E-state index contributed by atoms with van der Waals surface area (Å²) in [4.78, 5) is 14.4. The quantitative estimate of drug-likeness (QED) is 0.282. The van der Waals surface area contributed by atoms with Crippen molar-refractivity contribution in [2.75, 3.05) is 26.7 Å². The third kappa shape index (κ3) is 5.90. The summed E-state index contributed by atoms with van der Waals surface area (Å²) in [5.41, 5.74) is 6.44. The van der Waals surface area contributed by atoms with E-state index in [1.807, 2.05) is 18.2 Å². The number of nitrogens with zero attached hydrogens (tertiary/aromatic N) is 1. The number of benzene rings is 2. The molecule has 1 aliphatic carbocycles. The van der Waals surface area contributed by atoms with Crippen molar-refractivity contribution in [3.8, 4) is 0 Å². The van der Waals surface area contributed by atoms with Crippen molar-refractivity contribution in [3.63, 3.8) is 0 Å². The number of allylic oxidation sites excluding steroid dienone is 1. The van der Waals surface area contributed by atoms with Crippen LogP contribution in [0.5, 0.6) is 0 Å². The highest BCUT2D eigenvalue weighted by Gasteiger charge is 2.53. The molecule has 0 unspecified atom stereocenters. The molecule has 2 heterocycles. The molecule has 3 aliphatic rings. The van der Waals surface area contributed by atoms with Gasteiger partial charge in [-0.3, -0.25) is 0 Å². The van der Waals surface area contributed by atoms with Crippen LogP contribution in [0.1, 0.15) is 79.6 Å². The maximum Gasteiger partial charge on any atom is 0.491 e. The summed E-state index contributed by atoms with van der Waals surface area (Å²) in [5.74, 6) is 0.162. The summed E-state index contributed by atoms with van der Waals surface area (Å²) in [5, 5.41) is 0. The number of hydrogen-bond donors (Lipinski definition) is 0. The molecule has 0 radical (unpaired) electrons. The lowest BCUT2D eigenvalue weighted by atomic mass is 9.70. The molecule has 8 heteroatoms. The minimum atomic E-state index is -2.23. The van der Waals surface area contributed by atoms with Gasteiger partial charge in [-0.05, 0) is 105 Å². The molecule has 0 atom stereocenters. The number of hydrogen-bond acceptors (Lipinski definition) is 5. The molecule has 2 aromatic rings. The third-order valence-electron chi connectivity index (χ3n) is 9.01. The van der Waals surface area contributed by atoms with E-state index in [4.69, 9.17) is 14.0 Å². The van der Waals surface area contributed by atoms with Gasteiger partial charge in [-0.2, -0.15) is 0 Å². The SMILES string of the molecule is COC(=O)c1ccc2c(c1)CCCC(B1OC(C)(C)C(C)(C)O1)=C2c1ccc(CC2CN(CCC(F)F)C2)cc1. The molecule has 5 nitrogen and oxygen atoms in total. The molecule has 2 aliphatic heterocycles. The van der Waals surface area contributed by atoms with Gasteiger partial charge in [-0.15, -0.1) is 0 Å². The number of rotatable bonds is 8. The summed E-state index contributed by atoms with van der Waals surface area (Å²) in [6.07, 6.45) is 1.24. The molecule has 0 saturated carbocycles. The van der Waals surface area contributed by atoms with Crippen LogP contribution in [0.25, 0.3) is 5.57 Å². The molecule has 40 heavy (non-hydrogen) atoms. The Bertz CT molecular complexity index is 1250. The Balaban J connectivity index is 1.45. The van der Waals surface area contributed by atoms with Crippen LogP contribution in [0, 0.1) is 5.92 Å². The van der Waals surface area contributed by atoms with Gasteiger partial charge in [0.05, 0.1) is 23.9 Å². The summed E-state index contributed by atoms with van der Waals surface area (Å²) in [6.45, 7) is 10.5. The molecule has 0 aromatic heterocycles. The number of alkyl halides is 2. The van der Waals surface area contributed by atoms with Gasteiger partial charge in [0.2, 0.25) is 6.43 Å². The van der Waals surface area contributed by atoms with Crippen molar-refractivity contribution in [1.29, 1.82) is 0 Å². The van der Waals surface area contributed by atoms with Crippen LogP contribution < -0.4 is 0 Å². The molecule has 2 saturated heterocycles. The fourth-order valence-electron chi connectivity index (χ4n) is 6.03. The number of carbonyl (C=O) groups is 1. The fourth-order valence-corrected chi connectivity index (χ4v) is 6.03. The molecule has 0 spiro atoms. The largest absolute Gasteiger partial charge is 0.491 e. The highest BCUT2D eigenvalue weighted by Crippen LogP contribution is 2.44. The highest BCUT2D eigenvalue weighted by atomic mass is 19.3. The van der Waals surface area contributed by atoms with Crippen molar-refractivity contribution in [2.45, 2.75) is 77.4 Å². The van der Waals surface area contributed by atoms with Crippen LogP contribution in [-0.4, -0.2) is 62.4 Å². The molecular weight excluding hydrogens is 511 g/mol. The predicted molar refractivity (Wildman–Crippen MR) is 154 cm³/mol. The average molecular weight is 551 g/mol. The van der Waals surface area contributed by atoms with Gasteiger partial charge >= 0.3 is 13.1 Å². The molecule has 214 valence electrons. The number of carbonyl (C=O) groups excluding carboxylic acids is 1. The predicted octanol–water partition coefficient (Wildman–Crippen LogP) is 6.37. The Hall–Kier alpha value is -2.55. The maximum atomic E-state index is 12.5. The smallest absolute Gasteiger partial charge is 0.465 e. The molecular formula is C32H40BF2NO4. The van der Waals surface area contributed by atoms with Crippen molar-refractivity contribution < 1.29 is 27.6 Å². The minimum absolute atomic E-state index is 0.0513. The average Bonchev–Trinajstić information content (AvgIpc) is 3.01. The third-order valence-corrected chi connectivity index (χ3v) is 9.01. The Labute approximate surface area is 237 Å². The van der Waals surface area contributed by atoms with Crippen molar-refractivity contribution >= 4 is 18.7 Å². The molecule has 2 fully saturated rings. The van der Waals surface area contributed by atoms with Crippen LogP contribution in [0.3, 0.4) is 0 Å². The number of likely N-dealkylation sites (tertiary alicyclic amines) is 1. The number of ether oxygens (including phenoxy) is 1. The first-order valence-electron chi connectivity index (χ1n) is 14.4. The lowest BCUT2D eigenvalue weighted by Gasteiger charge is -2.39. The number of aryl methyl sites for hydroxylation is 1. The molecule has 2 aromatic carbocycles. The summed E-state index contributed by atoms with van der Waals surface area (Å²) in [6, 6.07) is 14.5. The van der Waals surface area contributed by atoms with E-state index in [9.17, 15) is 13.6 Å². The second-order valence-electron chi connectivity index (χ2n) is 12.4. The van der Waals surface area contributed by atoms with E-state index in [2.05, 4.69) is 56.9 Å². The van der Waals surface area contributed by atoms with E-state index in [-0.39, 0.29) is 12.4 Å². The Morgan fingerprint density at radius 2 is 1.73 bits per heavy atom. The number of esters is 1. The zero-order valence-electron chi connectivity index (χ0n) is 24.3. The molecule has 0 amide bonds. The van der Waals surface area contributed by atoms with Crippen molar-refractivity contribution in [1.82, 2.24) is 4.90 Å². The standard InChI is InChI=1S/C32H40BF2NO4/c1-31(2)32(3,4)40-33(39-31)27-8-6-7-24-18-25(30(37)38-5)13-14-26(24)29(27)23-11-9-21(10-12-23)17-22-19-36(20-22)16-15-28(34)35/h9-14,18,22,28H,6-8,15-17,19-20H2,1-5H3. The second kappa shape index (κ2) is 11.4. The van der Waals surface area contributed by atoms with Crippen molar-refractivity contribution in [2.24, 2.45) is 5.92 Å². The van der Waals surface area contributed by atoms with Crippen LogP contribution in [0.2, 0.25) is 0 Å². The first-order chi connectivity index (χ1) is 19.0. The normalized spacial score (nSPS) is 20.9. The van der Waals surface area contributed by atoms with Gasteiger partial charge in [-0.25, -0.2) is 13.6 Å². The van der Waals surface area contributed by atoms with E-state index in [1.165, 1.54) is 12.7 Å². The number of methoxy groups -OCH3 is 1. The Morgan fingerprint density at radius 1 is 1.05 bits per heavy atom. The first-order valence-corrected chi connectivity index (χ1v) is 14.4. The lowest BCUT2D eigenvalue weighted by molar-refractivity contribution is 0.00578. The van der Waals surface area contributed by atoms with Gasteiger partial charge in [0.1, 0.15) is 0 Å². The van der Waals surface area contributed by atoms with Crippen molar-refractivity contribution in [3.05, 3.63) is 75.8 Å². The maximum absolute atomic E-state index is 12.5. The number of halogens is 2. The monoisotopic (exact) mass is 551 g/mol. The van der Waals surface area contributed by atoms with Crippen LogP contribution in [0.15, 0.2) is 47.9 Å². The van der Waals surface area contributed by atoms with E-state index >= 15 is 0 Å². The summed E-state index contributed by atoms with van der Waals surface area (Å²) < 4.78 is 43.1. The van der Waals surface area contributed by atoms with E-state index in [0.717, 1.165) is 66.5 Å². The Morgan fingerprint density at radius 3 is 2.35 bits per heavy atom. The van der Waals surface area contributed by atoms with Gasteiger partial charge in [-0.1, -0.05) is 30.3 Å². The van der Waals surface area contributed by atoms with E-state index < -0.39 is 24.7 Å². The van der Waals surface area contributed by atoms with Crippen LogP contribution >= 0.6 is 0 Å². The molecule has 0 bridgehead atoms. The molecule has 5 rings (SSSR count). The van der Waals surface area contributed by atoms with Gasteiger partial charge in [0.15, 0.2) is 0 Å². The first kappa shape index (κ1) is 29.0. The van der Waals surface area contributed by atoms with Gasteiger partial charge in [0, 0.05) is 26.1 Å². The van der Waals surface area contributed by atoms with Crippen LogP contribution in [-0.2, 0) is 26.9 Å². The van der Waals surface area contributed by atoms with Crippen LogP contribution in [0.4, 0.5) is 8.78 Å². The fraction of sp³-hybridized carbons (Fsp3) is 0.531. The zero-order valence-corrected chi connectivity index (χ0v) is 24.3. The van der Waals surface area contributed by atoms with Gasteiger partial charge in [0.25, 0.3) is 0 Å².